The largest absolute Gasteiger partial charge is 0.494 e. The molecule has 0 bridgehead atoms. The molecule has 3 nitrogen and oxygen atoms in total. The Labute approximate surface area is 112 Å². The van der Waals surface area contributed by atoms with Crippen LogP contribution in [0, 0.1) is 0 Å². The molecule has 1 aromatic carbocycles. The van der Waals surface area contributed by atoms with Crippen molar-refractivity contribution in [2.45, 2.75) is 19.8 Å². The topological polar surface area (TPSA) is 48.1 Å². The van der Waals surface area contributed by atoms with Crippen LogP contribution in [-0.4, -0.2) is 18.1 Å². The molecule has 2 aromatic rings. The lowest BCUT2D eigenvalue weighted by Gasteiger charge is -2.03. The van der Waals surface area contributed by atoms with E-state index in [1.807, 2.05) is 31.2 Å². The Morgan fingerprint density at radius 3 is 2.72 bits per heavy atom. The molecule has 0 spiro atoms. The third kappa shape index (κ3) is 3.31. The van der Waals surface area contributed by atoms with E-state index in [0.29, 0.717) is 6.61 Å². The quantitative estimate of drug-likeness (QED) is 0.870. The minimum absolute atomic E-state index is 0.694. The maximum Gasteiger partial charge on any atom is 0.119 e. The Bertz CT molecular complexity index is 479. The molecule has 18 heavy (non-hydrogen) atoms. The Hall–Kier alpha value is -1.39. The van der Waals surface area contributed by atoms with Crippen LogP contribution in [0.1, 0.15) is 18.4 Å². The van der Waals surface area contributed by atoms with Gasteiger partial charge in [0.15, 0.2) is 0 Å². The summed E-state index contributed by atoms with van der Waals surface area (Å²) in [5, 5.41) is 3.26. The first-order valence-corrected chi connectivity index (χ1v) is 7.09. The van der Waals surface area contributed by atoms with Crippen molar-refractivity contribution >= 4 is 11.3 Å². The van der Waals surface area contributed by atoms with E-state index in [4.69, 9.17) is 10.5 Å². The predicted octanol–water partition coefficient (Wildman–Crippen LogP) is 3.10. The summed E-state index contributed by atoms with van der Waals surface area (Å²) in [6, 6.07) is 8.06. The van der Waals surface area contributed by atoms with Crippen LogP contribution in [0.25, 0.3) is 11.3 Å². The zero-order chi connectivity index (χ0) is 12.8. The molecule has 0 aliphatic heterocycles. The first-order chi connectivity index (χ1) is 8.83. The van der Waals surface area contributed by atoms with Crippen molar-refractivity contribution < 1.29 is 4.74 Å². The standard InChI is InChI=1S/C14H18N2OS/c1-2-17-12-7-5-11(6-8-12)13-10-18-14(16-13)4-3-9-15/h5-8,10H,2-4,9,15H2,1H3. The maximum atomic E-state index is 5.50. The van der Waals surface area contributed by atoms with Gasteiger partial charge in [-0.3, -0.25) is 0 Å². The van der Waals surface area contributed by atoms with E-state index in [1.165, 1.54) is 0 Å². The summed E-state index contributed by atoms with van der Waals surface area (Å²) in [7, 11) is 0. The highest BCUT2D eigenvalue weighted by Crippen LogP contribution is 2.24. The smallest absolute Gasteiger partial charge is 0.119 e. The van der Waals surface area contributed by atoms with E-state index in [-0.39, 0.29) is 0 Å². The van der Waals surface area contributed by atoms with Gasteiger partial charge in [-0.2, -0.15) is 0 Å². The zero-order valence-corrected chi connectivity index (χ0v) is 11.4. The van der Waals surface area contributed by atoms with Gasteiger partial charge < -0.3 is 10.5 Å². The molecule has 0 saturated carbocycles. The van der Waals surface area contributed by atoms with E-state index < -0.39 is 0 Å². The van der Waals surface area contributed by atoms with Crippen LogP contribution in [0.15, 0.2) is 29.6 Å². The summed E-state index contributed by atoms with van der Waals surface area (Å²) in [5.41, 5.74) is 7.67. The van der Waals surface area contributed by atoms with E-state index in [2.05, 4.69) is 10.4 Å². The Kier molecular flexibility index (Phi) is 4.73. The van der Waals surface area contributed by atoms with Crippen molar-refractivity contribution in [2.75, 3.05) is 13.2 Å². The van der Waals surface area contributed by atoms with Crippen LogP contribution in [0.2, 0.25) is 0 Å². The molecule has 1 heterocycles. The van der Waals surface area contributed by atoms with Crippen LogP contribution >= 0.6 is 11.3 Å². The minimum Gasteiger partial charge on any atom is -0.494 e. The zero-order valence-electron chi connectivity index (χ0n) is 10.6. The summed E-state index contributed by atoms with van der Waals surface area (Å²) in [5.74, 6) is 0.903. The summed E-state index contributed by atoms with van der Waals surface area (Å²) in [6.45, 7) is 3.40. The van der Waals surface area contributed by atoms with Crippen molar-refractivity contribution in [2.24, 2.45) is 5.73 Å². The Morgan fingerprint density at radius 1 is 1.28 bits per heavy atom. The highest BCUT2D eigenvalue weighted by Gasteiger charge is 2.04. The van der Waals surface area contributed by atoms with Crippen molar-refractivity contribution in [3.05, 3.63) is 34.7 Å². The van der Waals surface area contributed by atoms with Gasteiger partial charge in [-0.15, -0.1) is 11.3 Å². The number of ether oxygens (including phenoxy) is 1. The fourth-order valence-electron chi connectivity index (χ4n) is 1.70. The maximum absolute atomic E-state index is 5.50. The number of aromatic nitrogens is 1. The first kappa shape index (κ1) is 13.1. The SMILES string of the molecule is CCOc1ccc(-c2csc(CCCN)n2)cc1. The van der Waals surface area contributed by atoms with Crippen LogP contribution in [-0.2, 0) is 6.42 Å². The van der Waals surface area contributed by atoms with Crippen LogP contribution in [0.3, 0.4) is 0 Å². The van der Waals surface area contributed by atoms with Gasteiger partial charge in [0.05, 0.1) is 17.3 Å². The number of thiazole rings is 1. The molecule has 0 aliphatic carbocycles. The molecule has 0 aliphatic rings. The molecule has 0 saturated heterocycles. The lowest BCUT2D eigenvalue weighted by Crippen LogP contribution is -1.99. The number of nitrogens with zero attached hydrogens (tertiary/aromatic N) is 1. The van der Waals surface area contributed by atoms with Gasteiger partial charge in [0.2, 0.25) is 0 Å². The van der Waals surface area contributed by atoms with Gasteiger partial charge in [-0.05, 0) is 44.2 Å². The summed E-state index contributed by atoms with van der Waals surface area (Å²) in [6.07, 6.45) is 1.97. The first-order valence-electron chi connectivity index (χ1n) is 6.21. The van der Waals surface area contributed by atoms with Gasteiger partial charge in [0, 0.05) is 17.4 Å². The van der Waals surface area contributed by atoms with Gasteiger partial charge in [-0.1, -0.05) is 0 Å². The second-order valence-electron chi connectivity index (χ2n) is 3.98. The molecular formula is C14H18N2OS. The number of aryl methyl sites for hydroxylation is 1. The van der Waals surface area contributed by atoms with Crippen LogP contribution in [0.4, 0.5) is 0 Å². The Balaban J connectivity index is 2.08. The fraction of sp³-hybridized carbons (Fsp3) is 0.357. The number of nitrogens with two attached hydrogens (primary N) is 1. The van der Waals surface area contributed by atoms with E-state index in [9.17, 15) is 0 Å². The number of rotatable bonds is 6. The highest BCUT2D eigenvalue weighted by molar-refractivity contribution is 7.09. The van der Waals surface area contributed by atoms with Gasteiger partial charge in [0.1, 0.15) is 5.75 Å². The molecule has 96 valence electrons. The van der Waals surface area contributed by atoms with Crippen molar-refractivity contribution in [3.63, 3.8) is 0 Å². The molecule has 2 N–H and O–H groups in total. The molecular weight excluding hydrogens is 244 g/mol. The third-order valence-corrected chi connectivity index (χ3v) is 3.52. The number of hydrogen-bond acceptors (Lipinski definition) is 4. The lowest BCUT2D eigenvalue weighted by molar-refractivity contribution is 0.340. The molecule has 1 aromatic heterocycles. The predicted molar refractivity (Wildman–Crippen MR) is 76.1 cm³/mol. The highest BCUT2D eigenvalue weighted by atomic mass is 32.1. The average molecular weight is 262 g/mol. The molecule has 2 rings (SSSR count). The summed E-state index contributed by atoms with van der Waals surface area (Å²) < 4.78 is 5.42. The van der Waals surface area contributed by atoms with Gasteiger partial charge >= 0.3 is 0 Å². The van der Waals surface area contributed by atoms with Crippen LogP contribution in [0.5, 0.6) is 5.75 Å². The molecule has 0 unspecified atom stereocenters. The third-order valence-electron chi connectivity index (χ3n) is 2.61. The molecule has 0 amide bonds. The minimum atomic E-state index is 0.694. The lowest BCUT2D eigenvalue weighted by atomic mass is 10.2. The summed E-state index contributed by atoms with van der Waals surface area (Å²) >= 11 is 1.70. The normalized spacial score (nSPS) is 10.6. The molecule has 4 heteroatoms. The van der Waals surface area contributed by atoms with Crippen molar-refractivity contribution in [1.29, 1.82) is 0 Å². The number of hydrogen-bond donors (Lipinski definition) is 1. The van der Waals surface area contributed by atoms with Gasteiger partial charge in [-0.25, -0.2) is 4.98 Å². The fourth-order valence-corrected chi connectivity index (χ4v) is 2.55. The average Bonchev–Trinajstić information content (AvgIpc) is 2.86. The second kappa shape index (κ2) is 6.52. The van der Waals surface area contributed by atoms with E-state index >= 15 is 0 Å². The monoisotopic (exact) mass is 262 g/mol. The molecule has 0 fully saturated rings. The molecule has 0 atom stereocenters. The van der Waals surface area contributed by atoms with E-state index in [0.717, 1.165) is 41.4 Å². The van der Waals surface area contributed by atoms with Crippen LogP contribution < -0.4 is 10.5 Å². The number of benzene rings is 1. The Morgan fingerprint density at radius 2 is 2.06 bits per heavy atom. The van der Waals surface area contributed by atoms with Gasteiger partial charge in [0.25, 0.3) is 0 Å². The van der Waals surface area contributed by atoms with Crippen molar-refractivity contribution in [1.82, 2.24) is 4.98 Å². The second-order valence-corrected chi connectivity index (χ2v) is 4.92. The summed E-state index contributed by atoms with van der Waals surface area (Å²) in [4.78, 5) is 4.62. The van der Waals surface area contributed by atoms with Crippen molar-refractivity contribution in [3.8, 4) is 17.0 Å². The molecule has 0 radical (unpaired) electrons. The van der Waals surface area contributed by atoms with E-state index in [1.54, 1.807) is 11.3 Å².